The third-order valence-electron chi connectivity index (χ3n) is 5.20. The summed E-state index contributed by atoms with van der Waals surface area (Å²) < 4.78 is 11.1. The highest BCUT2D eigenvalue weighted by molar-refractivity contribution is 5.83. The second-order valence-corrected chi connectivity index (χ2v) is 7.67. The lowest BCUT2D eigenvalue weighted by Gasteiger charge is -2.18. The van der Waals surface area contributed by atoms with Crippen LogP contribution in [0.5, 0.6) is 5.75 Å². The number of carbonyl (C=O) groups excluding carboxylic acids is 1. The van der Waals surface area contributed by atoms with Crippen molar-refractivity contribution in [2.45, 2.75) is 32.7 Å². The molecule has 0 heterocycles. The topological polar surface area (TPSA) is 76.1 Å². The van der Waals surface area contributed by atoms with E-state index < -0.39 is 5.97 Å². The van der Waals surface area contributed by atoms with Crippen molar-refractivity contribution >= 4 is 22.8 Å². The summed E-state index contributed by atoms with van der Waals surface area (Å²) in [5.41, 5.74) is 2.91. The number of benzene rings is 3. The summed E-state index contributed by atoms with van der Waals surface area (Å²) in [6.45, 7) is 2.93. The van der Waals surface area contributed by atoms with Crippen LogP contribution in [0.15, 0.2) is 60.7 Å². The first-order chi connectivity index (χ1) is 15.5. The predicted octanol–water partition coefficient (Wildman–Crippen LogP) is 5.07. The average molecular weight is 436 g/mol. The largest absolute Gasteiger partial charge is 0.493 e. The average Bonchev–Trinajstić information content (AvgIpc) is 2.78. The Labute approximate surface area is 188 Å². The smallest absolute Gasteiger partial charge is 0.409 e. The standard InChI is InChI=1S/C26H29NO5/c1-3-31-26(30)27(2)18-20-9-11-22(12-13-25(28)29)24(17-20)32-15-14-19-8-10-21-6-4-5-7-23(21)16-19/h4-11,16-17H,3,12-15,18H2,1-2H3,(H,28,29). The highest BCUT2D eigenvalue weighted by Gasteiger charge is 2.13. The van der Waals surface area contributed by atoms with Gasteiger partial charge in [-0.3, -0.25) is 4.79 Å². The number of hydrogen-bond acceptors (Lipinski definition) is 4. The summed E-state index contributed by atoms with van der Waals surface area (Å²) in [6, 6.07) is 20.2. The first-order valence-electron chi connectivity index (χ1n) is 10.8. The molecule has 1 N–H and O–H groups in total. The molecular formula is C26H29NO5. The molecule has 1 amide bonds. The van der Waals surface area contributed by atoms with Gasteiger partial charge in [-0.1, -0.05) is 54.6 Å². The van der Waals surface area contributed by atoms with Crippen molar-refractivity contribution in [1.82, 2.24) is 4.90 Å². The molecule has 0 unspecified atom stereocenters. The van der Waals surface area contributed by atoms with E-state index in [-0.39, 0.29) is 12.5 Å². The Kier molecular flexibility index (Phi) is 8.08. The van der Waals surface area contributed by atoms with Crippen molar-refractivity contribution in [2.75, 3.05) is 20.3 Å². The van der Waals surface area contributed by atoms with E-state index in [0.29, 0.717) is 31.9 Å². The van der Waals surface area contributed by atoms with Crippen LogP contribution in [0.3, 0.4) is 0 Å². The van der Waals surface area contributed by atoms with Gasteiger partial charge in [-0.25, -0.2) is 4.79 Å². The van der Waals surface area contributed by atoms with Crippen LogP contribution in [-0.4, -0.2) is 42.3 Å². The lowest BCUT2D eigenvalue weighted by molar-refractivity contribution is -0.136. The van der Waals surface area contributed by atoms with Crippen LogP contribution in [0.4, 0.5) is 4.79 Å². The number of carbonyl (C=O) groups is 2. The maximum absolute atomic E-state index is 11.9. The lowest BCUT2D eigenvalue weighted by atomic mass is 10.0. The van der Waals surface area contributed by atoms with Gasteiger partial charge in [-0.2, -0.15) is 0 Å². The molecule has 6 heteroatoms. The molecule has 0 radical (unpaired) electrons. The number of aliphatic carboxylic acids is 1. The van der Waals surface area contributed by atoms with E-state index in [0.717, 1.165) is 17.5 Å². The molecule has 0 atom stereocenters. The fraction of sp³-hybridized carbons (Fsp3) is 0.308. The Bertz CT molecular complexity index is 1080. The molecule has 6 nitrogen and oxygen atoms in total. The van der Waals surface area contributed by atoms with Gasteiger partial charge in [0.05, 0.1) is 13.2 Å². The number of aryl methyl sites for hydroxylation is 1. The molecule has 3 rings (SSSR count). The SMILES string of the molecule is CCOC(=O)N(C)Cc1ccc(CCC(=O)O)c(OCCc2ccc3ccccc3c2)c1. The predicted molar refractivity (Wildman–Crippen MR) is 124 cm³/mol. The first-order valence-corrected chi connectivity index (χ1v) is 10.8. The minimum absolute atomic E-state index is 0.0309. The van der Waals surface area contributed by atoms with Gasteiger partial charge in [0, 0.05) is 26.4 Å². The zero-order valence-electron chi connectivity index (χ0n) is 18.5. The Morgan fingerprint density at radius 2 is 1.69 bits per heavy atom. The monoisotopic (exact) mass is 435 g/mol. The van der Waals surface area contributed by atoms with Crippen LogP contribution in [0, 0.1) is 0 Å². The fourth-order valence-corrected chi connectivity index (χ4v) is 3.53. The van der Waals surface area contributed by atoms with Gasteiger partial charge in [-0.15, -0.1) is 0 Å². The maximum atomic E-state index is 11.9. The summed E-state index contributed by atoms with van der Waals surface area (Å²) >= 11 is 0. The van der Waals surface area contributed by atoms with Crippen molar-refractivity contribution in [2.24, 2.45) is 0 Å². The molecule has 0 saturated heterocycles. The van der Waals surface area contributed by atoms with Crippen LogP contribution >= 0.6 is 0 Å². The van der Waals surface area contributed by atoms with E-state index in [4.69, 9.17) is 14.6 Å². The summed E-state index contributed by atoms with van der Waals surface area (Å²) in [7, 11) is 1.68. The Morgan fingerprint density at radius 3 is 2.44 bits per heavy atom. The van der Waals surface area contributed by atoms with E-state index in [9.17, 15) is 9.59 Å². The van der Waals surface area contributed by atoms with Crippen LogP contribution < -0.4 is 4.74 Å². The molecule has 32 heavy (non-hydrogen) atoms. The maximum Gasteiger partial charge on any atom is 0.409 e. The molecule has 0 aliphatic heterocycles. The zero-order valence-corrected chi connectivity index (χ0v) is 18.5. The van der Waals surface area contributed by atoms with Crippen LogP contribution in [0.2, 0.25) is 0 Å². The molecule has 168 valence electrons. The van der Waals surface area contributed by atoms with Crippen LogP contribution in [-0.2, 0) is 28.9 Å². The normalized spacial score (nSPS) is 10.7. The lowest BCUT2D eigenvalue weighted by Crippen LogP contribution is -2.26. The molecule has 0 aliphatic rings. The third kappa shape index (κ3) is 6.48. The van der Waals surface area contributed by atoms with Gasteiger partial charge in [0.15, 0.2) is 0 Å². The minimum atomic E-state index is -0.849. The van der Waals surface area contributed by atoms with Gasteiger partial charge in [0.25, 0.3) is 0 Å². The number of nitrogens with zero attached hydrogens (tertiary/aromatic N) is 1. The van der Waals surface area contributed by atoms with E-state index in [1.807, 2.05) is 30.3 Å². The molecular weight excluding hydrogens is 406 g/mol. The van der Waals surface area contributed by atoms with E-state index in [2.05, 4.69) is 30.3 Å². The van der Waals surface area contributed by atoms with E-state index in [1.165, 1.54) is 21.2 Å². The molecule has 0 saturated carbocycles. The summed E-state index contributed by atoms with van der Waals surface area (Å²) in [5, 5.41) is 11.5. The van der Waals surface area contributed by atoms with Crippen LogP contribution in [0.1, 0.15) is 30.0 Å². The van der Waals surface area contributed by atoms with E-state index in [1.54, 1.807) is 14.0 Å². The number of ether oxygens (including phenoxy) is 2. The molecule has 0 aromatic heterocycles. The molecule has 3 aromatic rings. The molecule has 0 aliphatic carbocycles. The quantitative estimate of drug-likeness (QED) is 0.481. The number of hydrogen-bond donors (Lipinski definition) is 1. The Balaban J connectivity index is 1.70. The second-order valence-electron chi connectivity index (χ2n) is 7.67. The van der Waals surface area contributed by atoms with Gasteiger partial charge in [0.1, 0.15) is 5.75 Å². The van der Waals surface area contributed by atoms with Crippen molar-refractivity contribution in [3.05, 3.63) is 77.4 Å². The highest BCUT2D eigenvalue weighted by Crippen LogP contribution is 2.24. The van der Waals surface area contributed by atoms with Crippen molar-refractivity contribution in [3.8, 4) is 5.75 Å². The highest BCUT2D eigenvalue weighted by atomic mass is 16.6. The number of carboxylic acid groups (broad SMARTS) is 1. The molecule has 3 aromatic carbocycles. The Hall–Kier alpha value is -3.54. The Morgan fingerprint density at radius 1 is 0.938 bits per heavy atom. The molecule has 0 spiro atoms. The zero-order chi connectivity index (χ0) is 22.9. The van der Waals surface area contributed by atoms with Gasteiger partial charge in [-0.05, 0) is 46.9 Å². The summed E-state index contributed by atoms with van der Waals surface area (Å²) in [6.07, 6.45) is 0.759. The number of carboxylic acids is 1. The minimum Gasteiger partial charge on any atom is -0.493 e. The second kappa shape index (κ2) is 11.2. The van der Waals surface area contributed by atoms with Gasteiger partial charge >= 0.3 is 12.1 Å². The molecule has 0 fully saturated rings. The van der Waals surface area contributed by atoms with Crippen molar-refractivity contribution in [1.29, 1.82) is 0 Å². The van der Waals surface area contributed by atoms with Crippen molar-refractivity contribution in [3.63, 3.8) is 0 Å². The number of fused-ring (bicyclic) bond motifs is 1. The van der Waals surface area contributed by atoms with Crippen molar-refractivity contribution < 1.29 is 24.2 Å². The summed E-state index contributed by atoms with van der Waals surface area (Å²) in [4.78, 5) is 24.4. The van der Waals surface area contributed by atoms with Gasteiger partial charge < -0.3 is 19.5 Å². The number of amides is 1. The fourth-order valence-electron chi connectivity index (χ4n) is 3.53. The first kappa shape index (κ1) is 23.1. The van der Waals surface area contributed by atoms with Crippen LogP contribution in [0.25, 0.3) is 10.8 Å². The number of rotatable bonds is 10. The van der Waals surface area contributed by atoms with Gasteiger partial charge in [0.2, 0.25) is 0 Å². The van der Waals surface area contributed by atoms with E-state index >= 15 is 0 Å². The molecule has 0 bridgehead atoms. The third-order valence-corrected chi connectivity index (χ3v) is 5.20. The summed E-state index contributed by atoms with van der Waals surface area (Å²) in [5.74, 6) is -0.194.